The van der Waals surface area contributed by atoms with Gasteiger partial charge in [0, 0.05) is 50.2 Å². The van der Waals surface area contributed by atoms with Crippen molar-refractivity contribution in [1.29, 1.82) is 0 Å². The smallest absolute Gasteiger partial charge is 0.335 e. The van der Waals surface area contributed by atoms with E-state index in [1.807, 2.05) is 6.08 Å². The second-order valence-electron chi connectivity index (χ2n) is 9.82. The topological polar surface area (TPSA) is 69.3 Å². The molecule has 7 heteroatoms. The summed E-state index contributed by atoms with van der Waals surface area (Å²) in [5.74, 6) is 0.200. The highest BCUT2D eigenvalue weighted by Crippen LogP contribution is 2.59. The highest BCUT2D eigenvalue weighted by Gasteiger charge is 2.61. The van der Waals surface area contributed by atoms with Gasteiger partial charge in [0.05, 0.1) is 31.3 Å². The van der Waals surface area contributed by atoms with E-state index in [-0.39, 0.29) is 35.6 Å². The van der Waals surface area contributed by atoms with Gasteiger partial charge in [-0.15, -0.1) is 6.58 Å². The molecule has 1 aromatic carbocycles. The molecule has 3 aliphatic heterocycles. The lowest BCUT2D eigenvalue weighted by Crippen LogP contribution is -2.52. The number of fused-ring (bicyclic) bond motifs is 1. The zero-order chi connectivity index (χ0) is 23.7. The fourth-order valence-corrected chi connectivity index (χ4v) is 6.93. The van der Waals surface area contributed by atoms with Crippen molar-refractivity contribution in [2.24, 2.45) is 11.8 Å². The average Bonchev–Trinajstić information content (AvgIpc) is 3.59. The zero-order valence-corrected chi connectivity index (χ0v) is 20.3. The first kappa shape index (κ1) is 23.5. The Morgan fingerprint density at radius 2 is 2.12 bits per heavy atom. The normalized spacial score (nSPS) is 29.4. The Bertz CT molecular complexity index is 956. The third-order valence-corrected chi connectivity index (χ3v) is 8.15. The number of ether oxygens (including phenoxy) is 4. The molecule has 0 bridgehead atoms. The van der Waals surface area contributed by atoms with Crippen LogP contribution in [0.3, 0.4) is 0 Å². The highest BCUT2D eigenvalue weighted by molar-refractivity contribution is 5.93. The minimum Gasteiger partial charge on any atom is -0.466 e. The Morgan fingerprint density at radius 1 is 1.32 bits per heavy atom. The minimum atomic E-state index is -0.255. The molecule has 0 aromatic heterocycles. The summed E-state index contributed by atoms with van der Waals surface area (Å²) in [6.07, 6.45) is 5.15. The lowest BCUT2D eigenvalue weighted by atomic mass is 9.61. The van der Waals surface area contributed by atoms with Crippen LogP contribution < -0.4 is 5.32 Å². The quantitative estimate of drug-likeness (QED) is 0.440. The third-order valence-electron chi connectivity index (χ3n) is 8.15. The van der Waals surface area contributed by atoms with Gasteiger partial charge >= 0.3 is 5.97 Å². The summed E-state index contributed by atoms with van der Waals surface area (Å²) in [5, 5.41) is 3.65. The first-order valence-corrected chi connectivity index (χ1v) is 12.4. The van der Waals surface area contributed by atoms with E-state index in [0.717, 1.165) is 49.3 Å². The van der Waals surface area contributed by atoms with Gasteiger partial charge in [0.15, 0.2) is 6.29 Å². The number of esters is 1. The number of nitrogens with zero attached hydrogens (tertiary/aromatic N) is 1. The molecule has 0 radical (unpaired) electrons. The fraction of sp³-hybridized carbons (Fsp3) is 0.593. The van der Waals surface area contributed by atoms with Crippen LogP contribution >= 0.6 is 0 Å². The molecule has 4 aliphatic rings. The Morgan fingerprint density at radius 3 is 2.85 bits per heavy atom. The van der Waals surface area contributed by atoms with Gasteiger partial charge < -0.3 is 24.3 Å². The number of nitrogens with one attached hydrogen (secondary N) is 1. The third kappa shape index (κ3) is 3.79. The van der Waals surface area contributed by atoms with Gasteiger partial charge in [-0.2, -0.15) is 0 Å². The molecule has 4 atom stereocenters. The van der Waals surface area contributed by atoms with Crippen molar-refractivity contribution in [2.45, 2.75) is 43.4 Å². The molecule has 1 aromatic rings. The van der Waals surface area contributed by atoms with Gasteiger partial charge in [0.2, 0.25) is 0 Å². The van der Waals surface area contributed by atoms with Crippen LogP contribution in [0.5, 0.6) is 0 Å². The molecule has 0 saturated carbocycles. The number of carbonyl (C=O) groups excluding carboxylic acids is 1. The van der Waals surface area contributed by atoms with Crippen molar-refractivity contribution in [3.8, 4) is 0 Å². The minimum absolute atomic E-state index is 0.195. The van der Waals surface area contributed by atoms with E-state index < -0.39 is 0 Å². The average molecular weight is 469 g/mol. The maximum absolute atomic E-state index is 13.1. The summed E-state index contributed by atoms with van der Waals surface area (Å²) in [6, 6.07) is 8.75. The van der Waals surface area contributed by atoms with Gasteiger partial charge in [-0.25, -0.2) is 4.79 Å². The summed E-state index contributed by atoms with van der Waals surface area (Å²) < 4.78 is 22.6. The Labute approximate surface area is 202 Å². The van der Waals surface area contributed by atoms with Gasteiger partial charge in [-0.3, -0.25) is 4.90 Å². The predicted molar refractivity (Wildman–Crippen MR) is 129 cm³/mol. The monoisotopic (exact) mass is 468 g/mol. The van der Waals surface area contributed by atoms with Crippen LogP contribution in [0.4, 0.5) is 5.69 Å². The molecule has 184 valence electrons. The first-order valence-electron chi connectivity index (χ1n) is 12.4. The summed E-state index contributed by atoms with van der Waals surface area (Å²) in [7, 11) is 3.21. The molecule has 1 aliphatic carbocycles. The van der Waals surface area contributed by atoms with E-state index in [1.54, 1.807) is 7.11 Å². The molecule has 3 heterocycles. The Kier molecular flexibility index (Phi) is 6.80. The highest BCUT2D eigenvalue weighted by atomic mass is 16.7. The maximum Gasteiger partial charge on any atom is 0.335 e. The first-order chi connectivity index (χ1) is 16.6. The molecule has 2 fully saturated rings. The number of carbonyl (C=O) groups is 1. The van der Waals surface area contributed by atoms with Gasteiger partial charge in [0.25, 0.3) is 0 Å². The molecule has 34 heavy (non-hydrogen) atoms. The van der Waals surface area contributed by atoms with Crippen molar-refractivity contribution < 1.29 is 23.7 Å². The van der Waals surface area contributed by atoms with E-state index in [2.05, 4.69) is 41.1 Å². The lowest BCUT2D eigenvalue weighted by molar-refractivity contribution is -0.137. The number of methoxy groups -OCH3 is 2. The van der Waals surface area contributed by atoms with Crippen molar-refractivity contribution in [2.75, 3.05) is 52.4 Å². The number of likely N-dealkylation sites (tertiary alicyclic amines) is 1. The van der Waals surface area contributed by atoms with Crippen LogP contribution in [0, 0.1) is 11.8 Å². The molecule has 7 nitrogen and oxygen atoms in total. The maximum atomic E-state index is 13.1. The summed E-state index contributed by atoms with van der Waals surface area (Å²) >= 11 is 0. The fourth-order valence-electron chi connectivity index (χ4n) is 6.93. The molecule has 3 unspecified atom stereocenters. The Balaban J connectivity index is 1.59. The summed E-state index contributed by atoms with van der Waals surface area (Å²) in [4.78, 5) is 15.6. The molecule has 1 spiro atoms. The van der Waals surface area contributed by atoms with Gasteiger partial charge in [0.1, 0.15) is 0 Å². The van der Waals surface area contributed by atoms with Gasteiger partial charge in [-0.05, 0) is 43.2 Å². The van der Waals surface area contributed by atoms with Crippen molar-refractivity contribution in [3.63, 3.8) is 0 Å². The number of rotatable bonds is 9. The standard InChI is InChI=1S/C27H36N2O5/c1-4-11-29-12-10-27-21-7-5-6-8-22(21)28-23(27)20(25(30)32-3)17-19(24(27)29)16-18(9-13-31-2)26-33-14-15-34-26/h4-8,18-19,24,26,28H,1,9-17H2,2-3H3/t18?,19-,24?,27?/m1/s1. The van der Waals surface area contributed by atoms with Crippen molar-refractivity contribution >= 4 is 11.7 Å². The van der Waals surface area contributed by atoms with E-state index in [4.69, 9.17) is 18.9 Å². The van der Waals surface area contributed by atoms with E-state index in [0.29, 0.717) is 26.2 Å². The van der Waals surface area contributed by atoms with E-state index in [9.17, 15) is 4.79 Å². The van der Waals surface area contributed by atoms with E-state index in [1.165, 1.54) is 12.7 Å². The van der Waals surface area contributed by atoms with Crippen LogP contribution in [0.1, 0.15) is 31.2 Å². The van der Waals surface area contributed by atoms with Crippen LogP contribution in [0.15, 0.2) is 48.2 Å². The Hall–Kier alpha value is -2.19. The lowest BCUT2D eigenvalue weighted by Gasteiger charge is -2.46. The van der Waals surface area contributed by atoms with Gasteiger partial charge in [-0.1, -0.05) is 24.3 Å². The van der Waals surface area contributed by atoms with Crippen LogP contribution in [-0.2, 0) is 29.2 Å². The number of benzene rings is 1. The molecule has 2 saturated heterocycles. The number of para-hydroxylation sites is 1. The summed E-state index contributed by atoms with van der Waals surface area (Å²) in [6.45, 7) is 7.73. The number of hydrogen-bond donors (Lipinski definition) is 1. The summed E-state index contributed by atoms with van der Waals surface area (Å²) in [5.41, 5.74) is 3.95. The molecule has 5 rings (SSSR count). The van der Waals surface area contributed by atoms with Crippen LogP contribution in [0.2, 0.25) is 0 Å². The molecular formula is C27H36N2O5. The SMILES string of the molecule is C=CCN1CCC23C(=C(C(=O)OC)C[C@@H](CC(CCOC)C4OCCO4)C12)Nc1ccccc13. The second-order valence-corrected chi connectivity index (χ2v) is 9.82. The zero-order valence-electron chi connectivity index (χ0n) is 20.3. The van der Waals surface area contributed by atoms with Crippen molar-refractivity contribution in [1.82, 2.24) is 4.90 Å². The largest absolute Gasteiger partial charge is 0.466 e. The number of anilines is 1. The van der Waals surface area contributed by atoms with Crippen LogP contribution in [0.25, 0.3) is 0 Å². The molecular weight excluding hydrogens is 432 g/mol. The molecule has 1 N–H and O–H groups in total. The van der Waals surface area contributed by atoms with Crippen LogP contribution in [-0.4, -0.2) is 70.3 Å². The number of hydrogen-bond acceptors (Lipinski definition) is 7. The predicted octanol–water partition coefficient (Wildman–Crippen LogP) is 3.47. The van der Waals surface area contributed by atoms with E-state index >= 15 is 0 Å². The molecule has 0 amide bonds. The van der Waals surface area contributed by atoms with Crippen molar-refractivity contribution in [3.05, 3.63) is 53.8 Å². The second kappa shape index (κ2) is 9.82.